The Morgan fingerprint density at radius 3 is 2.71 bits per heavy atom. The van der Waals surface area contributed by atoms with E-state index in [2.05, 4.69) is 6.07 Å². The van der Waals surface area contributed by atoms with Gasteiger partial charge in [-0.25, -0.2) is 0 Å². The van der Waals surface area contributed by atoms with E-state index in [-0.39, 0.29) is 5.97 Å². The summed E-state index contributed by atoms with van der Waals surface area (Å²) in [5.74, 6) is 0.746. The topological polar surface area (TPSA) is 35.5 Å². The zero-order valence-electron chi connectivity index (χ0n) is 9.85. The number of hydrogen-bond donors (Lipinski definition) is 0. The van der Waals surface area contributed by atoms with Gasteiger partial charge < -0.3 is 9.47 Å². The molecule has 1 aromatic carbocycles. The summed E-state index contributed by atoms with van der Waals surface area (Å²) in [6.07, 6.45) is 0.356. The van der Waals surface area contributed by atoms with Crippen LogP contribution in [0, 0.1) is 0 Å². The molecule has 0 spiro atoms. The fourth-order valence-electron chi connectivity index (χ4n) is 1.62. The summed E-state index contributed by atoms with van der Waals surface area (Å²) >= 11 is 1.89. The Balaban J connectivity index is 1.96. The summed E-state index contributed by atoms with van der Waals surface area (Å²) in [6.45, 7) is 1.70. The molecule has 1 fully saturated rings. The molecule has 0 radical (unpaired) electrons. The molecule has 3 nitrogen and oxygen atoms in total. The summed E-state index contributed by atoms with van der Waals surface area (Å²) in [7, 11) is 1.42. The van der Waals surface area contributed by atoms with Gasteiger partial charge in [-0.1, -0.05) is 24.3 Å². The maximum absolute atomic E-state index is 11.3. The Labute approximate surface area is 105 Å². The first-order chi connectivity index (χ1) is 8.29. The number of hydrogen-bond acceptors (Lipinski definition) is 4. The third-order valence-corrected chi connectivity index (χ3v) is 3.98. The molecule has 0 N–H and O–H groups in total. The van der Waals surface area contributed by atoms with Crippen LogP contribution in [0.1, 0.15) is 11.1 Å². The van der Waals surface area contributed by atoms with Crippen molar-refractivity contribution >= 4 is 17.7 Å². The molecule has 0 atom stereocenters. The first kappa shape index (κ1) is 12.5. The van der Waals surface area contributed by atoms with Crippen molar-refractivity contribution in [3.8, 4) is 0 Å². The van der Waals surface area contributed by atoms with Crippen molar-refractivity contribution in [2.24, 2.45) is 0 Å². The molecule has 1 aromatic rings. The van der Waals surface area contributed by atoms with Crippen LogP contribution in [-0.2, 0) is 26.4 Å². The zero-order chi connectivity index (χ0) is 12.1. The molecule has 0 bridgehead atoms. The van der Waals surface area contributed by atoms with Gasteiger partial charge in [-0.05, 0) is 11.1 Å². The maximum Gasteiger partial charge on any atom is 0.309 e. The van der Waals surface area contributed by atoms with Gasteiger partial charge in [0.2, 0.25) is 0 Å². The van der Waals surface area contributed by atoms with Crippen molar-refractivity contribution in [1.29, 1.82) is 0 Å². The number of carbonyl (C=O) groups is 1. The monoisotopic (exact) mass is 252 g/mol. The third-order valence-electron chi connectivity index (χ3n) is 2.76. The van der Waals surface area contributed by atoms with Crippen LogP contribution >= 0.6 is 11.8 Å². The number of rotatable bonds is 5. The lowest BCUT2D eigenvalue weighted by atomic mass is 10.1. The minimum Gasteiger partial charge on any atom is -0.469 e. The van der Waals surface area contributed by atoms with Crippen molar-refractivity contribution in [3.05, 3.63) is 35.4 Å². The molecule has 17 heavy (non-hydrogen) atoms. The van der Waals surface area contributed by atoms with Crippen molar-refractivity contribution < 1.29 is 14.3 Å². The van der Waals surface area contributed by atoms with E-state index in [0.717, 1.165) is 24.5 Å². The molecule has 1 saturated heterocycles. The lowest BCUT2D eigenvalue weighted by molar-refractivity contribution is -0.139. The fraction of sp³-hybridized carbons (Fsp3) is 0.462. The summed E-state index contributed by atoms with van der Waals surface area (Å²) in [6, 6.07) is 8.03. The SMILES string of the molecule is COC(=O)Cc1ccccc1CSC1COC1. The second kappa shape index (κ2) is 6.07. The number of benzene rings is 1. The molecule has 0 unspecified atom stereocenters. The minimum absolute atomic E-state index is 0.186. The van der Waals surface area contributed by atoms with Gasteiger partial charge >= 0.3 is 5.97 Å². The molecule has 0 aromatic heterocycles. The van der Waals surface area contributed by atoms with Gasteiger partial charge in [0, 0.05) is 5.75 Å². The summed E-state index contributed by atoms with van der Waals surface area (Å²) in [5.41, 5.74) is 2.28. The third kappa shape index (κ3) is 3.48. The highest BCUT2D eigenvalue weighted by Crippen LogP contribution is 2.25. The zero-order valence-corrected chi connectivity index (χ0v) is 10.7. The van der Waals surface area contributed by atoms with E-state index in [1.807, 2.05) is 30.0 Å². The second-order valence-electron chi connectivity index (χ2n) is 3.99. The van der Waals surface area contributed by atoms with Crippen LogP contribution in [0.4, 0.5) is 0 Å². The van der Waals surface area contributed by atoms with Crippen LogP contribution in [-0.4, -0.2) is 31.5 Å². The van der Waals surface area contributed by atoms with Gasteiger partial charge in [0.05, 0.1) is 32.0 Å². The molecule has 92 valence electrons. The van der Waals surface area contributed by atoms with E-state index in [0.29, 0.717) is 11.7 Å². The van der Waals surface area contributed by atoms with Gasteiger partial charge in [0.25, 0.3) is 0 Å². The average Bonchev–Trinajstić information content (AvgIpc) is 2.29. The molecule has 4 heteroatoms. The second-order valence-corrected chi connectivity index (χ2v) is 5.28. The molecular weight excluding hydrogens is 236 g/mol. The summed E-state index contributed by atoms with van der Waals surface area (Å²) in [4.78, 5) is 11.3. The first-order valence-corrected chi connectivity index (χ1v) is 6.67. The van der Waals surface area contributed by atoms with E-state index in [1.54, 1.807) is 0 Å². The van der Waals surface area contributed by atoms with Gasteiger partial charge in [0.15, 0.2) is 0 Å². The highest BCUT2D eigenvalue weighted by Gasteiger charge is 2.19. The van der Waals surface area contributed by atoms with Gasteiger partial charge in [-0.3, -0.25) is 4.79 Å². The minimum atomic E-state index is -0.186. The van der Waals surface area contributed by atoms with E-state index in [9.17, 15) is 4.79 Å². The Kier molecular flexibility index (Phi) is 4.45. The predicted molar refractivity (Wildman–Crippen MR) is 68.1 cm³/mol. The van der Waals surface area contributed by atoms with Crippen LogP contribution in [0.15, 0.2) is 24.3 Å². The van der Waals surface area contributed by atoms with Crippen LogP contribution in [0.25, 0.3) is 0 Å². The van der Waals surface area contributed by atoms with E-state index >= 15 is 0 Å². The Hall–Kier alpha value is -1.00. The first-order valence-electron chi connectivity index (χ1n) is 5.62. The Morgan fingerprint density at radius 2 is 2.12 bits per heavy atom. The van der Waals surface area contributed by atoms with Gasteiger partial charge in [-0.2, -0.15) is 0 Å². The molecule has 1 aliphatic heterocycles. The quantitative estimate of drug-likeness (QED) is 0.751. The average molecular weight is 252 g/mol. The van der Waals surface area contributed by atoms with Crippen LogP contribution < -0.4 is 0 Å². The maximum atomic E-state index is 11.3. The normalized spacial score (nSPS) is 15.4. The number of carbonyl (C=O) groups excluding carboxylic acids is 1. The van der Waals surface area contributed by atoms with E-state index in [4.69, 9.17) is 9.47 Å². The van der Waals surface area contributed by atoms with Gasteiger partial charge in [-0.15, -0.1) is 11.8 Å². The van der Waals surface area contributed by atoms with Gasteiger partial charge in [0.1, 0.15) is 0 Å². The van der Waals surface area contributed by atoms with Crippen molar-refractivity contribution in [2.75, 3.05) is 20.3 Å². The lowest BCUT2D eigenvalue weighted by Gasteiger charge is -2.25. The van der Waals surface area contributed by atoms with Crippen molar-refractivity contribution in [2.45, 2.75) is 17.4 Å². The molecule has 0 amide bonds. The van der Waals surface area contributed by atoms with Crippen LogP contribution in [0.3, 0.4) is 0 Å². The number of thioether (sulfide) groups is 1. The summed E-state index contributed by atoms with van der Waals surface area (Å²) in [5, 5.41) is 0.612. The Bertz CT molecular complexity index is 388. The Morgan fingerprint density at radius 1 is 1.41 bits per heavy atom. The number of methoxy groups -OCH3 is 1. The van der Waals surface area contributed by atoms with Crippen molar-refractivity contribution in [1.82, 2.24) is 0 Å². The van der Waals surface area contributed by atoms with Crippen molar-refractivity contribution in [3.63, 3.8) is 0 Å². The number of esters is 1. The molecule has 0 saturated carbocycles. The lowest BCUT2D eigenvalue weighted by Crippen LogP contribution is -2.30. The smallest absolute Gasteiger partial charge is 0.309 e. The van der Waals surface area contributed by atoms with E-state index in [1.165, 1.54) is 12.7 Å². The fourth-order valence-corrected chi connectivity index (χ4v) is 2.70. The number of ether oxygens (including phenoxy) is 2. The molecular formula is C13H16O3S. The molecule has 1 aliphatic rings. The molecule has 1 heterocycles. The highest BCUT2D eigenvalue weighted by atomic mass is 32.2. The standard InChI is InChI=1S/C13H16O3S/c1-15-13(14)6-10-4-2-3-5-11(10)9-17-12-7-16-8-12/h2-5,12H,6-9H2,1H3. The van der Waals surface area contributed by atoms with Crippen LogP contribution in [0.5, 0.6) is 0 Å². The largest absolute Gasteiger partial charge is 0.469 e. The molecule has 2 rings (SSSR count). The highest BCUT2D eigenvalue weighted by molar-refractivity contribution is 7.99. The summed E-state index contributed by atoms with van der Waals surface area (Å²) < 4.78 is 9.84. The predicted octanol–water partition coefficient (Wildman–Crippen LogP) is 2.03. The van der Waals surface area contributed by atoms with E-state index < -0.39 is 0 Å². The van der Waals surface area contributed by atoms with Crippen LogP contribution in [0.2, 0.25) is 0 Å². The molecule has 0 aliphatic carbocycles.